The lowest BCUT2D eigenvalue weighted by atomic mass is 9.93. The summed E-state index contributed by atoms with van der Waals surface area (Å²) in [4.78, 5) is 22.1. The second kappa shape index (κ2) is 7.54. The Labute approximate surface area is 167 Å². The molecule has 6 heteroatoms. The summed E-state index contributed by atoms with van der Waals surface area (Å²) >= 11 is 3.52. The van der Waals surface area contributed by atoms with Gasteiger partial charge in [-0.1, -0.05) is 24.3 Å². The van der Waals surface area contributed by atoms with Crippen molar-refractivity contribution >= 4 is 33.5 Å². The molecular weight excluding hydrogens is 406 g/mol. The Morgan fingerprint density at radius 2 is 1.96 bits per heavy atom. The predicted octanol–water partition coefficient (Wildman–Crippen LogP) is 3.21. The summed E-state index contributed by atoms with van der Waals surface area (Å²) in [6.45, 7) is 3.95. The van der Waals surface area contributed by atoms with Gasteiger partial charge in [-0.2, -0.15) is 0 Å². The third kappa shape index (κ3) is 3.45. The number of carbonyl (C=O) groups is 1. The number of fused-ring (bicyclic) bond motifs is 2. The average molecular weight is 428 g/mol. The molecule has 2 heterocycles. The van der Waals surface area contributed by atoms with Crippen LogP contribution in [0, 0.1) is 0 Å². The van der Waals surface area contributed by atoms with E-state index in [0.29, 0.717) is 5.57 Å². The van der Waals surface area contributed by atoms with Gasteiger partial charge in [0, 0.05) is 36.8 Å². The number of nitrogens with zero attached hydrogens (tertiary/aromatic N) is 3. The molecule has 0 N–H and O–H groups in total. The SMILES string of the molecule is COC(=O)C1=Cc2cc(Br)cnc2C(N2CCN(C)CC2)c2ccccc21. The highest BCUT2D eigenvalue weighted by molar-refractivity contribution is 9.10. The standard InChI is InChI=1S/C21H22BrN3O2/c1-24-7-9-25(10-8-24)20-17-6-4-3-5-16(17)18(21(26)27-2)12-14-11-15(22)13-23-19(14)20/h3-6,11-13,20H,7-10H2,1-2H3. The Morgan fingerprint density at radius 3 is 2.70 bits per heavy atom. The third-order valence-corrected chi connectivity index (χ3v) is 5.76. The second-order valence-corrected chi connectivity index (χ2v) is 7.92. The number of likely N-dealkylation sites (N-methyl/N-ethyl adjacent to an activating group) is 1. The summed E-state index contributed by atoms with van der Waals surface area (Å²) in [6.07, 6.45) is 3.75. The van der Waals surface area contributed by atoms with Gasteiger partial charge >= 0.3 is 5.97 Å². The molecule has 140 valence electrons. The highest BCUT2D eigenvalue weighted by Gasteiger charge is 2.33. The van der Waals surface area contributed by atoms with E-state index in [2.05, 4.69) is 38.8 Å². The van der Waals surface area contributed by atoms with E-state index in [1.54, 1.807) is 0 Å². The van der Waals surface area contributed by atoms with Crippen LogP contribution in [0.4, 0.5) is 0 Å². The van der Waals surface area contributed by atoms with Crippen molar-refractivity contribution in [3.63, 3.8) is 0 Å². The lowest BCUT2D eigenvalue weighted by Gasteiger charge is -2.38. The summed E-state index contributed by atoms with van der Waals surface area (Å²) in [6, 6.07) is 10.1. The molecule has 0 amide bonds. The zero-order valence-corrected chi connectivity index (χ0v) is 17.1. The van der Waals surface area contributed by atoms with Gasteiger partial charge in [-0.05, 0) is 51.8 Å². The van der Waals surface area contributed by atoms with Crippen LogP contribution in [0.2, 0.25) is 0 Å². The maximum atomic E-state index is 12.6. The maximum Gasteiger partial charge on any atom is 0.338 e. The van der Waals surface area contributed by atoms with Gasteiger partial charge in [0.25, 0.3) is 0 Å². The molecule has 0 radical (unpaired) electrons. The van der Waals surface area contributed by atoms with Gasteiger partial charge in [0.05, 0.1) is 24.4 Å². The van der Waals surface area contributed by atoms with E-state index in [1.165, 1.54) is 7.11 Å². The van der Waals surface area contributed by atoms with E-state index in [-0.39, 0.29) is 12.0 Å². The molecule has 2 aliphatic rings. The number of halogens is 1. The van der Waals surface area contributed by atoms with Crippen molar-refractivity contribution in [2.75, 3.05) is 40.3 Å². The van der Waals surface area contributed by atoms with Crippen LogP contribution in [0.15, 0.2) is 41.0 Å². The monoisotopic (exact) mass is 427 g/mol. The first-order chi connectivity index (χ1) is 13.1. The topological polar surface area (TPSA) is 45.7 Å². The molecule has 0 spiro atoms. The number of ether oxygens (including phenoxy) is 1. The number of aromatic nitrogens is 1. The van der Waals surface area contributed by atoms with E-state index >= 15 is 0 Å². The Morgan fingerprint density at radius 1 is 1.22 bits per heavy atom. The fourth-order valence-corrected chi connectivity index (χ4v) is 4.25. The summed E-state index contributed by atoms with van der Waals surface area (Å²) in [7, 11) is 3.58. The molecule has 1 aliphatic heterocycles. The first-order valence-corrected chi connectivity index (χ1v) is 9.85. The van der Waals surface area contributed by atoms with Gasteiger partial charge in [-0.25, -0.2) is 4.79 Å². The van der Waals surface area contributed by atoms with E-state index in [4.69, 9.17) is 9.72 Å². The summed E-state index contributed by atoms with van der Waals surface area (Å²) in [5.41, 5.74) is 4.53. The molecule has 0 bridgehead atoms. The van der Waals surface area contributed by atoms with Gasteiger partial charge < -0.3 is 9.64 Å². The minimum atomic E-state index is -0.326. The van der Waals surface area contributed by atoms with Gasteiger partial charge in [-0.15, -0.1) is 0 Å². The van der Waals surface area contributed by atoms with Crippen LogP contribution in [0.1, 0.15) is 28.4 Å². The van der Waals surface area contributed by atoms with Crippen LogP contribution in [-0.4, -0.2) is 61.1 Å². The van der Waals surface area contributed by atoms with Crippen molar-refractivity contribution in [1.82, 2.24) is 14.8 Å². The molecule has 5 nitrogen and oxygen atoms in total. The molecular formula is C21H22BrN3O2. The largest absolute Gasteiger partial charge is 0.465 e. The van der Waals surface area contributed by atoms with E-state index in [1.807, 2.05) is 36.5 Å². The first-order valence-electron chi connectivity index (χ1n) is 9.06. The third-order valence-electron chi connectivity index (χ3n) is 5.33. The van der Waals surface area contributed by atoms with Gasteiger partial charge in [0.2, 0.25) is 0 Å². The first kappa shape index (κ1) is 18.3. The van der Waals surface area contributed by atoms with Crippen LogP contribution in [0.25, 0.3) is 11.6 Å². The molecule has 27 heavy (non-hydrogen) atoms. The number of methoxy groups -OCH3 is 1. The highest BCUT2D eigenvalue weighted by atomic mass is 79.9. The minimum Gasteiger partial charge on any atom is -0.465 e. The van der Waals surface area contributed by atoms with E-state index in [9.17, 15) is 4.79 Å². The van der Waals surface area contributed by atoms with Crippen LogP contribution in [0.3, 0.4) is 0 Å². The number of pyridine rings is 1. The van der Waals surface area contributed by atoms with Crippen molar-refractivity contribution < 1.29 is 9.53 Å². The van der Waals surface area contributed by atoms with Crippen molar-refractivity contribution in [2.24, 2.45) is 0 Å². The quantitative estimate of drug-likeness (QED) is 0.688. The van der Waals surface area contributed by atoms with Gasteiger partial charge in [0.15, 0.2) is 0 Å². The molecule has 1 aliphatic carbocycles. The minimum absolute atomic E-state index is 0.0106. The van der Waals surface area contributed by atoms with Crippen molar-refractivity contribution in [3.8, 4) is 0 Å². The molecule has 1 unspecified atom stereocenters. The fourth-order valence-electron chi connectivity index (χ4n) is 3.90. The van der Waals surface area contributed by atoms with Crippen molar-refractivity contribution in [3.05, 3.63) is 63.4 Å². The lowest BCUT2D eigenvalue weighted by Crippen LogP contribution is -2.46. The molecule has 1 fully saturated rings. The van der Waals surface area contributed by atoms with Gasteiger partial charge in [0.1, 0.15) is 0 Å². The van der Waals surface area contributed by atoms with E-state index < -0.39 is 0 Å². The Kier molecular flexibility index (Phi) is 5.12. The molecule has 2 aromatic rings. The van der Waals surface area contributed by atoms with Crippen molar-refractivity contribution in [1.29, 1.82) is 0 Å². The van der Waals surface area contributed by atoms with Crippen molar-refractivity contribution in [2.45, 2.75) is 6.04 Å². The molecule has 1 atom stereocenters. The van der Waals surface area contributed by atoms with Gasteiger partial charge in [-0.3, -0.25) is 9.88 Å². The maximum absolute atomic E-state index is 12.6. The zero-order valence-electron chi connectivity index (χ0n) is 15.5. The van der Waals surface area contributed by atoms with E-state index in [0.717, 1.165) is 53.0 Å². The predicted molar refractivity (Wildman–Crippen MR) is 109 cm³/mol. The Balaban J connectivity index is 1.92. The lowest BCUT2D eigenvalue weighted by molar-refractivity contribution is -0.133. The molecule has 0 saturated carbocycles. The van der Waals surface area contributed by atoms with Crippen LogP contribution in [0.5, 0.6) is 0 Å². The Hall–Kier alpha value is -2.02. The number of carbonyl (C=O) groups excluding carboxylic acids is 1. The number of esters is 1. The summed E-state index contributed by atoms with van der Waals surface area (Å²) in [5, 5.41) is 0. The molecule has 1 aromatic heterocycles. The normalized spacial score (nSPS) is 20.3. The highest BCUT2D eigenvalue weighted by Crippen LogP contribution is 2.40. The van der Waals surface area contributed by atoms with Crippen LogP contribution in [-0.2, 0) is 9.53 Å². The number of piperazine rings is 1. The zero-order chi connectivity index (χ0) is 19.0. The smallest absolute Gasteiger partial charge is 0.338 e. The van der Waals surface area contributed by atoms with Crippen LogP contribution < -0.4 is 0 Å². The summed E-state index contributed by atoms with van der Waals surface area (Å²) < 4.78 is 5.98. The summed E-state index contributed by atoms with van der Waals surface area (Å²) in [5.74, 6) is -0.326. The average Bonchev–Trinajstić information content (AvgIpc) is 2.82. The molecule has 4 rings (SSSR count). The fraction of sp³-hybridized carbons (Fsp3) is 0.333. The Bertz CT molecular complexity index is 904. The number of hydrogen-bond acceptors (Lipinski definition) is 5. The van der Waals surface area contributed by atoms with Crippen LogP contribution >= 0.6 is 15.9 Å². The molecule has 1 aromatic carbocycles. The molecule has 1 saturated heterocycles. The number of benzene rings is 1. The number of hydrogen-bond donors (Lipinski definition) is 0. The second-order valence-electron chi connectivity index (χ2n) is 7.01. The number of rotatable bonds is 2.